The summed E-state index contributed by atoms with van der Waals surface area (Å²) in [5.74, 6) is 1.19. The van der Waals surface area contributed by atoms with Gasteiger partial charge in [0.2, 0.25) is 0 Å². The third-order valence-electron chi connectivity index (χ3n) is 3.85. The molecular formula is C21H19NO6S. The van der Waals surface area contributed by atoms with Gasteiger partial charge in [0.25, 0.3) is 0 Å². The predicted molar refractivity (Wildman–Crippen MR) is 108 cm³/mol. The van der Waals surface area contributed by atoms with Gasteiger partial charge in [-0.3, -0.25) is 4.79 Å². The van der Waals surface area contributed by atoms with Crippen LogP contribution in [-0.2, 0) is 20.7 Å². The number of ether oxygens (including phenoxy) is 3. The molecule has 0 aliphatic heterocycles. The molecule has 3 rings (SSSR count). The number of thiazole rings is 1. The molecule has 0 bridgehead atoms. The summed E-state index contributed by atoms with van der Waals surface area (Å²) in [6, 6.07) is 8.66. The molecule has 3 aromatic rings. The Morgan fingerprint density at radius 1 is 1.17 bits per heavy atom. The van der Waals surface area contributed by atoms with E-state index in [1.807, 2.05) is 19.1 Å². The molecule has 2 aromatic heterocycles. The average Bonchev–Trinajstić information content (AvgIpc) is 3.35. The molecule has 0 aliphatic rings. The lowest BCUT2D eigenvalue weighted by Gasteiger charge is -2.09. The maximum Gasteiger partial charge on any atom is 0.330 e. The van der Waals surface area contributed by atoms with Crippen LogP contribution < -0.4 is 9.47 Å². The fourth-order valence-electron chi connectivity index (χ4n) is 2.46. The van der Waals surface area contributed by atoms with E-state index < -0.39 is 11.9 Å². The minimum absolute atomic E-state index is 0.0172. The first kappa shape index (κ1) is 20.3. The van der Waals surface area contributed by atoms with Crippen LogP contribution in [0.15, 0.2) is 46.2 Å². The Kier molecular flexibility index (Phi) is 6.46. The summed E-state index contributed by atoms with van der Waals surface area (Å²) in [5, 5.41) is 2.51. The van der Waals surface area contributed by atoms with E-state index in [1.165, 1.54) is 31.6 Å². The molecule has 0 aliphatic carbocycles. The van der Waals surface area contributed by atoms with Crippen molar-refractivity contribution < 1.29 is 28.2 Å². The van der Waals surface area contributed by atoms with E-state index in [-0.39, 0.29) is 12.2 Å². The SMILES string of the molecule is COC(=O)/C=C/c1ccc(OC(=O)Cc2csc(-c3ccc(C)o3)n2)c(OC)c1. The Morgan fingerprint density at radius 3 is 2.69 bits per heavy atom. The summed E-state index contributed by atoms with van der Waals surface area (Å²) in [5.41, 5.74) is 1.30. The lowest BCUT2D eigenvalue weighted by atomic mass is 10.2. The molecule has 0 radical (unpaired) electrons. The van der Waals surface area contributed by atoms with Gasteiger partial charge < -0.3 is 18.6 Å². The van der Waals surface area contributed by atoms with Crippen molar-refractivity contribution in [3.63, 3.8) is 0 Å². The molecule has 8 heteroatoms. The lowest BCUT2D eigenvalue weighted by Crippen LogP contribution is -2.12. The fraction of sp³-hybridized carbons (Fsp3) is 0.190. The third kappa shape index (κ3) is 5.32. The number of methoxy groups -OCH3 is 2. The van der Waals surface area contributed by atoms with Gasteiger partial charge in [0.1, 0.15) is 5.76 Å². The van der Waals surface area contributed by atoms with E-state index in [1.54, 1.807) is 29.7 Å². The minimum atomic E-state index is -0.466. The van der Waals surface area contributed by atoms with Crippen LogP contribution in [0.2, 0.25) is 0 Å². The van der Waals surface area contributed by atoms with Crippen molar-refractivity contribution in [2.24, 2.45) is 0 Å². The number of furan rings is 1. The topological polar surface area (TPSA) is 87.9 Å². The second kappa shape index (κ2) is 9.20. The second-order valence-electron chi connectivity index (χ2n) is 5.97. The van der Waals surface area contributed by atoms with E-state index in [9.17, 15) is 9.59 Å². The van der Waals surface area contributed by atoms with Crippen LogP contribution in [0.25, 0.3) is 16.8 Å². The molecule has 150 valence electrons. The molecule has 0 N–H and O–H groups in total. The van der Waals surface area contributed by atoms with Crippen molar-refractivity contribution in [1.82, 2.24) is 4.98 Å². The van der Waals surface area contributed by atoms with Gasteiger partial charge in [-0.15, -0.1) is 11.3 Å². The zero-order valence-corrected chi connectivity index (χ0v) is 16.9. The Morgan fingerprint density at radius 2 is 2.00 bits per heavy atom. The highest BCUT2D eigenvalue weighted by atomic mass is 32.1. The molecule has 1 aromatic carbocycles. The number of rotatable bonds is 7. The van der Waals surface area contributed by atoms with E-state index in [4.69, 9.17) is 13.9 Å². The summed E-state index contributed by atoms with van der Waals surface area (Å²) in [7, 11) is 2.77. The highest BCUT2D eigenvalue weighted by Gasteiger charge is 2.15. The largest absolute Gasteiger partial charge is 0.493 e. The normalized spacial score (nSPS) is 10.9. The molecule has 0 amide bonds. The van der Waals surface area contributed by atoms with Gasteiger partial charge in [-0.05, 0) is 42.8 Å². The maximum atomic E-state index is 12.3. The molecular weight excluding hydrogens is 394 g/mol. The van der Waals surface area contributed by atoms with E-state index >= 15 is 0 Å². The van der Waals surface area contributed by atoms with Crippen molar-refractivity contribution in [1.29, 1.82) is 0 Å². The molecule has 0 saturated carbocycles. The first-order valence-electron chi connectivity index (χ1n) is 8.64. The maximum absolute atomic E-state index is 12.3. The highest BCUT2D eigenvalue weighted by Crippen LogP contribution is 2.30. The van der Waals surface area contributed by atoms with E-state index in [0.29, 0.717) is 27.8 Å². The average molecular weight is 413 g/mol. The second-order valence-corrected chi connectivity index (χ2v) is 6.83. The molecule has 2 heterocycles. The number of hydrogen-bond donors (Lipinski definition) is 0. The van der Waals surface area contributed by atoms with Crippen LogP contribution >= 0.6 is 11.3 Å². The number of benzene rings is 1. The molecule has 0 spiro atoms. The first-order chi connectivity index (χ1) is 14.0. The molecule has 0 atom stereocenters. The van der Waals surface area contributed by atoms with Gasteiger partial charge in [0.05, 0.1) is 26.3 Å². The first-order valence-corrected chi connectivity index (χ1v) is 9.52. The van der Waals surface area contributed by atoms with Gasteiger partial charge in [-0.25, -0.2) is 9.78 Å². The Bertz CT molecular complexity index is 1050. The van der Waals surface area contributed by atoms with Gasteiger partial charge in [0, 0.05) is 11.5 Å². The number of nitrogens with zero attached hydrogens (tertiary/aromatic N) is 1. The zero-order chi connectivity index (χ0) is 20.8. The Hall–Kier alpha value is -3.39. The van der Waals surface area contributed by atoms with Gasteiger partial charge in [0.15, 0.2) is 22.3 Å². The molecule has 0 unspecified atom stereocenters. The summed E-state index contributed by atoms with van der Waals surface area (Å²) in [4.78, 5) is 27.9. The number of carbonyl (C=O) groups is 2. The van der Waals surface area contributed by atoms with Gasteiger partial charge in [-0.1, -0.05) is 6.07 Å². The number of esters is 2. The lowest BCUT2D eigenvalue weighted by molar-refractivity contribution is -0.135. The number of carbonyl (C=O) groups excluding carboxylic acids is 2. The van der Waals surface area contributed by atoms with Crippen molar-refractivity contribution >= 4 is 29.4 Å². The van der Waals surface area contributed by atoms with Crippen molar-refractivity contribution in [2.75, 3.05) is 14.2 Å². The van der Waals surface area contributed by atoms with Crippen LogP contribution in [0.5, 0.6) is 11.5 Å². The van der Waals surface area contributed by atoms with Crippen LogP contribution in [0.4, 0.5) is 0 Å². The van der Waals surface area contributed by atoms with Crippen molar-refractivity contribution in [2.45, 2.75) is 13.3 Å². The summed E-state index contributed by atoms with van der Waals surface area (Å²) < 4.78 is 20.8. The molecule has 7 nitrogen and oxygen atoms in total. The zero-order valence-electron chi connectivity index (χ0n) is 16.1. The van der Waals surface area contributed by atoms with Crippen LogP contribution in [0.3, 0.4) is 0 Å². The fourth-order valence-corrected chi connectivity index (χ4v) is 3.24. The Balaban J connectivity index is 1.66. The smallest absolute Gasteiger partial charge is 0.330 e. The van der Waals surface area contributed by atoms with Crippen molar-refractivity contribution in [3.8, 4) is 22.3 Å². The quantitative estimate of drug-likeness (QED) is 0.328. The van der Waals surface area contributed by atoms with Gasteiger partial charge >= 0.3 is 11.9 Å². The third-order valence-corrected chi connectivity index (χ3v) is 4.76. The number of aryl methyl sites for hydroxylation is 1. The van der Waals surface area contributed by atoms with E-state index in [0.717, 1.165) is 5.76 Å². The van der Waals surface area contributed by atoms with Gasteiger partial charge in [-0.2, -0.15) is 0 Å². The Labute approximate surface area is 171 Å². The van der Waals surface area contributed by atoms with E-state index in [2.05, 4.69) is 9.72 Å². The number of aromatic nitrogens is 1. The molecule has 0 fully saturated rings. The monoisotopic (exact) mass is 413 g/mol. The molecule has 29 heavy (non-hydrogen) atoms. The number of hydrogen-bond acceptors (Lipinski definition) is 8. The predicted octanol–water partition coefficient (Wildman–Crippen LogP) is 4.05. The van der Waals surface area contributed by atoms with Crippen LogP contribution in [0.1, 0.15) is 17.0 Å². The minimum Gasteiger partial charge on any atom is -0.493 e. The summed E-state index contributed by atoms with van der Waals surface area (Å²) in [6.07, 6.45) is 2.89. The molecule has 0 saturated heterocycles. The summed E-state index contributed by atoms with van der Waals surface area (Å²) >= 11 is 1.40. The standard InChI is InChI=1S/C21H19NO6S/c1-13-4-7-17(27-13)21-22-15(12-29-21)11-20(24)28-16-8-5-14(10-18(16)25-2)6-9-19(23)26-3/h4-10,12H,11H2,1-3H3/b9-6+. The summed E-state index contributed by atoms with van der Waals surface area (Å²) in [6.45, 7) is 1.86. The van der Waals surface area contributed by atoms with Crippen LogP contribution in [-0.4, -0.2) is 31.1 Å². The van der Waals surface area contributed by atoms with Crippen LogP contribution in [0, 0.1) is 6.92 Å². The van der Waals surface area contributed by atoms with Crippen molar-refractivity contribution in [3.05, 3.63) is 58.8 Å². The highest BCUT2D eigenvalue weighted by molar-refractivity contribution is 7.13.